The van der Waals surface area contributed by atoms with E-state index in [2.05, 4.69) is 43.5 Å². The number of thiophene rings is 1. The molecule has 0 saturated heterocycles. The third kappa shape index (κ3) is 2.39. The van der Waals surface area contributed by atoms with Gasteiger partial charge in [0.2, 0.25) is 0 Å². The predicted octanol–water partition coefficient (Wildman–Crippen LogP) is 3.94. The minimum Gasteiger partial charge on any atom is -0.488 e. The van der Waals surface area contributed by atoms with Gasteiger partial charge in [0.05, 0.1) is 0 Å². The zero-order valence-corrected chi connectivity index (χ0v) is 9.80. The first-order valence-corrected chi connectivity index (χ1v) is 5.87. The summed E-state index contributed by atoms with van der Waals surface area (Å²) in [4.78, 5) is 1.26. The van der Waals surface area contributed by atoms with Gasteiger partial charge in [0, 0.05) is 4.88 Å². The summed E-state index contributed by atoms with van der Waals surface area (Å²) in [5.41, 5.74) is 2.40. The maximum atomic E-state index is 5.82. The monoisotopic (exact) mass is 218 g/mol. The molecule has 0 atom stereocenters. The Morgan fingerprint density at radius 3 is 2.40 bits per heavy atom. The lowest BCUT2D eigenvalue weighted by atomic mass is 10.1. The predicted molar refractivity (Wildman–Crippen MR) is 64.6 cm³/mol. The summed E-state index contributed by atoms with van der Waals surface area (Å²) < 4.78 is 5.82. The van der Waals surface area contributed by atoms with Crippen LogP contribution >= 0.6 is 11.3 Å². The van der Waals surface area contributed by atoms with E-state index in [0.717, 1.165) is 5.75 Å². The maximum absolute atomic E-state index is 5.82. The van der Waals surface area contributed by atoms with E-state index in [9.17, 15) is 0 Å². The molecule has 0 unspecified atom stereocenters. The molecule has 78 valence electrons. The van der Waals surface area contributed by atoms with Gasteiger partial charge < -0.3 is 4.74 Å². The fraction of sp³-hybridized carbons (Fsp3) is 0.231. The Bertz CT molecular complexity index is 412. The normalized spacial score (nSPS) is 10.3. The van der Waals surface area contributed by atoms with Gasteiger partial charge in [0.25, 0.3) is 0 Å². The lowest BCUT2D eigenvalue weighted by Gasteiger charge is -2.10. The molecule has 0 saturated carbocycles. The third-order valence-electron chi connectivity index (χ3n) is 2.35. The zero-order chi connectivity index (χ0) is 10.7. The van der Waals surface area contributed by atoms with Crippen LogP contribution < -0.4 is 4.74 Å². The maximum Gasteiger partial charge on any atom is 0.125 e. The topological polar surface area (TPSA) is 9.23 Å². The van der Waals surface area contributed by atoms with E-state index in [4.69, 9.17) is 4.74 Å². The van der Waals surface area contributed by atoms with Gasteiger partial charge in [-0.25, -0.2) is 0 Å². The number of benzene rings is 1. The van der Waals surface area contributed by atoms with Crippen LogP contribution in [0.15, 0.2) is 35.7 Å². The Morgan fingerprint density at radius 2 is 1.80 bits per heavy atom. The SMILES string of the molecule is Cc1cccc(C)c1OCc1cccs1. The van der Waals surface area contributed by atoms with Crippen LogP contribution in [0.4, 0.5) is 0 Å². The molecule has 0 spiro atoms. The third-order valence-corrected chi connectivity index (χ3v) is 3.20. The first kappa shape index (κ1) is 10.2. The minimum absolute atomic E-state index is 0.670. The van der Waals surface area contributed by atoms with Gasteiger partial charge >= 0.3 is 0 Å². The number of hydrogen-bond acceptors (Lipinski definition) is 2. The van der Waals surface area contributed by atoms with E-state index < -0.39 is 0 Å². The average Bonchev–Trinajstić information content (AvgIpc) is 2.70. The highest BCUT2D eigenvalue weighted by Crippen LogP contribution is 2.24. The van der Waals surface area contributed by atoms with Gasteiger partial charge in [-0.2, -0.15) is 0 Å². The molecule has 15 heavy (non-hydrogen) atoms. The molecule has 0 aliphatic heterocycles. The van der Waals surface area contributed by atoms with Crippen LogP contribution in [-0.2, 0) is 6.61 Å². The van der Waals surface area contributed by atoms with Crippen molar-refractivity contribution in [2.24, 2.45) is 0 Å². The van der Waals surface area contributed by atoms with Crippen molar-refractivity contribution < 1.29 is 4.74 Å². The Labute approximate surface area is 94.3 Å². The fourth-order valence-electron chi connectivity index (χ4n) is 1.56. The Kier molecular flexibility index (Phi) is 3.07. The Balaban J connectivity index is 2.11. The van der Waals surface area contributed by atoms with Crippen molar-refractivity contribution in [1.29, 1.82) is 0 Å². The second kappa shape index (κ2) is 4.49. The Morgan fingerprint density at radius 1 is 1.07 bits per heavy atom. The molecular weight excluding hydrogens is 204 g/mol. The Hall–Kier alpha value is -1.28. The van der Waals surface area contributed by atoms with Crippen molar-refractivity contribution in [3.05, 3.63) is 51.7 Å². The lowest BCUT2D eigenvalue weighted by Crippen LogP contribution is -1.96. The molecule has 0 N–H and O–H groups in total. The van der Waals surface area contributed by atoms with Crippen molar-refractivity contribution in [1.82, 2.24) is 0 Å². The van der Waals surface area contributed by atoms with Gasteiger partial charge in [-0.1, -0.05) is 24.3 Å². The molecule has 1 heterocycles. The highest BCUT2D eigenvalue weighted by molar-refractivity contribution is 7.09. The van der Waals surface area contributed by atoms with Gasteiger partial charge in [0.15, 0.2) is 0 Å². The molecule has 1 nitrogen and oxygen atoms in total. The van der Waals surface area contributed by atoms with Gasteiger partial charge in [-0.15, -0.1) is 11.3 Å². The van der Waals surface area contributed by atoms with Crippen molar-refractivity contribution in [3.8, 4) is 5.75 Å². The van der Waals surface area contributed by atoms with Crippen LogP contribution in [0.1, 0.15) is 16.0 Å². The summed E-state index contributed by atoms with van der Waals surface area (Å²) in [6.45, 7) is 4.83. The molecule has 1 aromatic heterocycles. The molecule has 0 fully saturated rings. The number of hydrogen-bond donors (Lipinski definition) is 0. The molecule has 0 aliphatic rings. The lowest BCUT2D eigenvalue weighted by molar-refractivity contribution is 0.305. The number of para-hydroxylation sites is 1. The van der Waals surface area contributed by atoms with Crippen LogP contribution in [0, 0.1) is 13.8 Å². The molecule has 2 heteroatoms. The standard InChI is InChI=1S/C13H14OS/c1-10-5-3-6-11(2)13(10)14-9-12-7-4-8-15-12/h3-8H,9H2,1-2H3. The molecule has 1 aromatic carbocycles. The second-order valence-electron chi connectivity index (χ2n) is 3.59. The highest BCUT2D eigenvalue weighted by Gasteiger charge is 2.03. The molecule has 0 amide bonds. The quantitative estimate of drug-likeness (QED) is 0.758. The summed E-state index contributed by atoms with van der Waals surface area (Å²) in [7, 11) is 0. The summed E-state index contributed by atoms with van der Waals surface area (Å²) in [6.07, 6.45) is 0. The number of ether oxygens (including phenoxy) is 1. The van der Waals surface area contributed by atoms with E-state index in [-0.39, 0.29) is 0 Å². The van der Waals surface area contributed by atoms with Crippen molar-refractivity contribution in [2.45, 2.75) is 20.5 Å². The molecule has 2 aromatic rings. The summed E-state index contributed by atoms with van der Waals surface area (Å²) in [6, 6.07) is 10.4. The van der Waals surface area contributed by atoms with Gasteiger partial charge in [-0.05, 0) is 36.4 Å². The van der Waals surface area contributed by atoms with E-state index >= 15 is 0 Å². The summed E-state index contributed by atoms with van der Waals surface area (Å²) in [5, 5.41) is 2.07. The van der Waals surface area contributed by atoms with E-state index in [1.165, 1.54) is 16.0 Å². The van der Waals surface area contributed by atoms with E-state index in [0.29, 0.717) is 6.61 Å². The van der Waals surface area contributed by atoms with E-state index in [1.54, 1.807) is 11.3 Å². The average molecular weight is 218 g/mol. The first-order valence-electron chi connectivity index (χ1n) is 4.99. The second-order valence-corrected chi connectivity index (χ2v) is 4.62. The molecular formula is C13H14OS. The fourth-order valence-corrected chi connectivity index (χ4v) is 2.18. The van der Waals surface area contributed by atoms with Crippen LogP contribution in [0.5, 0.6) is 5.75 Å². The largest absolute Gasteiger partial charge is 0.488 e. The van der Waals surface area contributed by atoms with Crippen molar-refractivity contribution in [2.75, 3.05) is 0 Å². The molecule has 0 radical (unpaired) electrons. The van der Waals surface area contributed by atoms with Crippen molar-refractivity contribution >= 4 is 11.3 Å². The van der Waals surface area contributed by atoms with Gasteiger partial charge in [-0.3, -0.25) is 0 Å². The number of aryl methyl sites for hydroxylation is 2. The van der Waals surface area contributed by atoms with Crippen LogP contribution in [0.25, 0.3) is 0 Å². The van der Waals surface area contributed by atoms with E-state index in [1.807, 2.05) is 6.07 Å². The van der Waals surface area contributed by atoms with Crippen LogP contribution in [-0.4, -0.2) is 0 Å². The smallest absolute Gasteiger partial charge is 0.125 e. The van der Waals surface area contributed by atoms with Crippen LogP contribution in [0.2, 0.25) is 0 Å². The van der Waals surface area contributed by atoms with Gasteiger partial charge in [0.1, 0.15) is 12.4 Å². The molecule has 2 rings (SSSR count). The highest BCUT2D eigenvalue weighted by atomic mass is 32.1. The van der Waals surface area contributed by atoms with Crippen LogP contribution in [0.3, 0.4) is 0 Å². The number of rotatable bonds is 3. The molecule has 0 aliphatic carbocycles. The van der Waals surface area contributed by atoms with Crippen molar-refractivity contribution in [3.63, 3.8) is 0 Å². The molecule has 0 bridgehead atoms. The first-order chi connectivity index (χ1) is 7.27. The minimum atomic E-state index is 0.670. The summed E-state index contributed by atoms with van der Waals surface area (Å²) >= 11 is 1.73. The zero-order valence-electron chi connectivity index (χ0n) is 8.99. The summed E-state index contributed by atoms with van der Waals surface area (Å²) in [5.74, 6) is 1.02.